The van der Waals surface area contributed by atoms with Crippen molar-refractivity contribution in [3.05, 3.63) is 64.2 Å². The van der Waals surface area contributed by atoms with Crippen molar-refractivity contribution in [2.24, 2.45) is 0 Å². The molecule has 262 valence electrons. The van der Waals surface area contributed by atoms with Gasteiger partial charge in [-0.15, -0.1) is 0 Å². The monoisotopic (exact) mass is 675 g/mol. The van der Waals surface area contributed by atoms with Gasteiger partial charge in [0, 0.05) is 63.5 Å². The molecule has 0 saturated carbocycles. The van der Waals surface area contributed by atoms with Crippen LogP contribution in [0.4, 0.5) is 26.3 Å². The second-order valence-electron chi connectivity index (χ2n) is 12.2. The van der Waals surface area contributed by atoms with Crippen molar-refractivity contribution < 1.29 is 50.1 Å². The van der Waals surface area contributed by atoms with Crippen LogP contribution in [-0.4, -0.2) is 112 Å². The highest BCUT2D eigenvalue weighted by Crippen LogP contribution is 2.37. The molecular weight excluding hydrogens is 632 g/mol. The molecule has 0 radical (unpaired) electrons. The number of rotatable bonds is 12. The summed E-state index contributed by atoms with van der Waals surface area (Å²) < 4.78 is 104. The minimum Gasteiger partial charge on any atom is -0.467 e. The maximum Gasteiger partial charge on any atom is 0.416 e. The minimum absolute atomic E-state index is 0.00899. The number of halogens is 6. The summed E-state index contributed by atoms with van der Waals surface area (Å²) in [5.41, 5.74) is -2.05. The van der Waals surface area contributed by atoms with Gasteiger partial charge in [-0.2, -0.15) is 26.3 Å². The Labute approximate surface area is 271 Å². The van der Waals surface area contributed by atoms with Crippen LogP contribution in [0.2, 0.25) is 0 Å². The molecule has 2 aromatic rings. The van der Waals surface area contributed by atoms with Gasteiger partial charge in [0.25, 0.3) is 5.91 Å². The number of carbonyl (C=O) groups is 1. The normalized spacial score (nSPS) is 21.7. The van der Waals surface area contributed by atoms with E-state index in [-0.39, 0.29) is 31.5 Å². The molecule has 2 heterocycles. The highest BCUT2D eigenvalue weighted by Gasteiger charge is 2.39. The molecule has 47 heavy (non-hydrogen) atoms. The summed E-state index contributed by atoms with van der Waals surface area (Å²) in [7, 11) is 1.56. The predicted octanol–water partition coefficient (Wildman–Crippen LogP) is 5.51. The first kappa shape index (κ1) is 36.9. The SMILES string of the molecule is COCCOCOc1cc(C[C@@H]2CN(CCN3[C@H](C)COC[C@@H]3C)CCN2C(=O)c2cc(C(F)(F)F)cc(C(F)(F)F)c2)ccc1C. The van der Waals surface area contributed by atoms with Crippen molar-refractivity contribution in [3.63, 3.8) is 0 Å². The van der Waals surface area contributed by atoms with Crippen LogP contribution in [0.15, 0.2) is 36.4 Å². The number of hydrogen-bond acceptors (Lipinski definition) is 7. The molecule has 14 heteroatoms. The largest absolute Gasteiger partial charge is 0.467 e. The van der Waals surface area contributed by atoms with Gasteiger partial charge in [0.15, 0.2) is 6.79 Å². The number of aryl methyl sites for hydroxylation is 1. The summed E-state index contributed by atoms with van der Waals surface area (Å²) in [4.78, 5) is 19.8. The molecule has 0 unspecified atom stereocenters. The first-order valence-electron chi connectivity index (χ1n) is 15.6. The van der Waals surface area contributed by atoms with Crippen LogP contribution < -0.4 is 4.74 Å². The van der Waals surface area contributed by atoms with Crippen LogP contribution in [0.1, 0.15) is 46.5 Å². The fraction of sp³-hybridized carbons (Fsp3) is 0.606. The Morgan fingerprint density at radius 3 is 2.19 bits per heavy atom. The van der Waals surface area contributed by atoms with E-state index in [1.54, 1.807) is 7.11 Å². The van der Waals surface area contributed by atoms with Crippen molar-refractivity contribution >= 4 is 5.91 Å². The Morgan fingerprint density at radius 1 is 0.915 bits per heavy atom. The van der Waals surface area contributed by atoms with Gasteiger partial charge in [0.05, 0.1) is 37.6 Å². The molecule has 0 N–H and O–H groups in total. The maximum absolute atomic E-state index is 13.8. The Hall–Kier alpha value is -2.91. The van der Waals surface area contributed by atoms with Crippen LogP contribution in [0.3, 0.4) is 0 Å². The second kappa shape index (κ2) is 16.0. The lowest BCUT2D eigenvalue weighted by atomic mass is 9.98. The van der Waals surface area contributed by atoms with E-state index in [0.29, 0.717) is 70.4 Å². The minimum atomic E-state index is -5.06. The zero-order chi connectivity index (χ0) is 34.4. The topological polar surface area (TPSA) is 63.7 Å². The Balaban J connectivity index is 1.59. The van der Waals surface area contributed by atoms with Crippen molar-refractivity contribution in [1.29, 1.82) is 0 Å². The molecule has 2 aliphatic rings. The average Bonchev–Trinajstić information content (AvgIpc) is 3.01. The molecule has 2 aromatic carbocycles. The number of morpholine rings is 1. The number of carbonyl (C=O) groups excluding carboxylic acids is 1. The number of ether oxygens (including phenoxy) is 4. The number of benzene rings is 2. The molecule has 4 rings (SSSR count). The maximum atomic E-state index is 13.8. The van der Waals surface area contributed by atoms with Gasteiger partial charge in [-0.3, -0.25) is 14.6 Å². The van der Waals surface area contributed by atoms with Gasteiger partial charge in [-0.1, -0.05) is 12.1 Å². The van der Waals surface area contributed by atoms with Crippen LogP contribution in [0.5, 0.6) is 5.75 Å². The van der Waals surface area contributed by atoms with E-state index in [1.165, 1.54) is 4.90 Å². The van der Waals surface area contributed by atoms with Crippen molar-refractivity contribution in [2.45, 2.75) is 57.7 Å². The Bertz CT molecular complexity index is 1300. The predicted molar refractivity (Wildman–Crippen MR) is 162 cm³/mol. The van der Waals surface area contributed by atoms with Crippen molar-refractivity contribution in [2.75, 3.05) is 73.1 Å². The lowest BCUT2D eigenvalue weighted by Crippen LogP contribution is -2.58. The zero-order valence-electron chi connectivity index (χ0n) is 27.1. The van der Waals surface area contributed by atoms with E-state index in [2.05, 4.69) is 23.6 Å². The van der Waals surface area contributed by atoms with E-state index >= 15 is 0 Å². The molecule has 8 nitrogen and oxygen atoms in total. The van der Waals surface area contributed by atoms with Crippen LogP contribution >= 0.6 is 0 Å². The van der Waals surface area contributed by atoms with E-state index in [1.807, 2.05) is 25.1 Å². The van der Waals surface area contributed by atoms with Crippen molar-refractivity contribution in [3.8, 4) is 5.75 Å². The molecule has 1 amide bonds. The number of nitrogens with zero attached hydrogens (tertiary/aromatic N) is 3. The Morgan fingerprint density at radius 2 is 1.57 bits per heavy atom. The van der Waals surface area contributed by atoms with Crippen molar-refractivity contribution in [1.82, 2.24) is 14.7 Å². The van der Waals surface area contributed by atoms with E-state index in [4.69, 9.17) is 18.9 Å². The quantitative estimate of drug-likeness (QED) is 0.167. The van der Waals surface area contributed by atoms with E-state index in [9.17, 15) is 31.1 Å². The van der Waals surface area contributed by atoms with Gasteiger partial charge in [-0.05, 0) is 62.6 Å². The number of amides is 1. The second-order valence-corrected chi connectivity index (χ2v) is 12.2. The summed E-state index contributed by atoms with van der Waals surface area (Å²) in [6.45, 7) is 10.4. The fourth-order valence-corrected chi connectivity index (χ4v) is 6.05. The smallest absolute Gasteiger partial charge is 0.416 e. The molecule has 0 bridgehead atoms. The summed E-state index contributed by atoms with van der Waals surface area (Å²) >= 11 is 0. The third-order valence-corrected chi connectivity index (χ3v) is 8.64. The lowest BCUT2D eigenvalue weighted by molar-refractivity contribution is -0.143. The Kier molecular flexibility index (Phi) is 12.6. The number of methoxy groups -OCH3 is 1. The van der Waals surface area contributed by atoms with Gasteiger partial charge in [-0.25, -0.2) is 0 Å². The number of hydrogen-bond donors (Lipinski definition) is 0. The first-order valence-corrected chi connectivity index (χ1v) is 15.6. The molecule has 0 aliphatic carbocycles. The van der Waals surface area contributed by atoms with Crippen LogP contribution in [0.25, 0.3) is 0 Å². The number of piperazine rings is 1. The number of alkyl halides is 6. The standard InChI is InChI=1S/C33H43F6N3O5/c1-22-5-6-25(14-30(22)47-21-45-12-11-44-4)13-29-18-40(7-9-41-23(2)19-46-20-24(41)3)8-10-42(29)31(43)26-15-27(32(34,35)36)17-28(16-26)33(37,38)39/h5-6,14-17,23-24,29H,7-13,18-21H2,1-4H3/t23-,24+,29-/m1/s1. The van der Waals surface area contributed by atoms with Gasteiger partial charge < -0.3 is 23.8 Å². The fourth-order valence-electron chi connectivity index (χ4n) is 6.05. The lowest BCUT2D eigenvalue weighted by Gasteiger charge is -2.44. The molecule has 2 fully saturated rings. The summed E-state index contributed by atoms with van der Waals surface area (Å²) in [6, 6.07) is 6.51. The van der Waals surface area contributed by atoms with Gasteiger partial charge in [0.1, 0.15) is 5.75 Å². The molecule has 0 aromatic heterocycles. The first-order chi connectivity index (χ1) is 22.2. The van der Waals surface area contributed by atoms with Crippen LogP contribution in [-0.2, 0) is 33.0 Å². The molecule has 2 aliphatic heterocycles. The zero-order valence-corrected chi connectivity index (χ0v) is 27.1. The van der Waals surface area contributed by atoms with Gasteiger partial charge in [0.2, 0.25) is 0 Å². The summed E-state index contributed by atoms with van der Waals surface area (Å²) in [5.74, 6) is -0.315. The summed E-state index contributed by atoms with van der Waals surface area (Å²) in [5, 5.41) is 0. The third kappa shape index (κ3) is 10.0. The van der Waals surface area contributed by atoms with E-state index in [0.717, 1.165) is 17.7 Å². The third-order valence-electron chi connectivity index (χ3n) is 8.64. The molecular formula is C33H43F6N3O5. The summed E-state index contributed by atoms with van der Waals surface area (Å²) in [6.07, 6.45) is -9.82. The molecule has 0 spiro atoms. The highest BCUT2D eigenvalue weighted by atomic mass is 19.4. The van der Waals surface area contributed by atoms with Gasteiger partial charge >= 0.3 is 12.4 Å². The molecule has 3 atom stereocenters. The highest BCUT2D eigenvalue weighted by molar-refractivity contribution is 5.95. The van der Waals surface area contributed by atoms with Crippen LogP contribution in [0, 0.1) is 6.92 Å². The van der Waals surface area contributed by atoms with E-state index < -0.39 is 41.0 Å². The average molecular weight is 676 g/mol. The molecule has 2 saturated heterocycles.